The topological polar surface area (TPSA) is 30.5 Å². The standard InChI is InChI=1S/C11H17NO2/c1-2-6-11-9(5-8-14-12-11)4-7-13-10(11)3-1/h5,10,12H,1-4,6-8H2/t10-,11+/m0/s1. The van der Waals surface area contributed by atoms with Crippen LogP contribution < -0.4 is 5.48 Å². The summed E-state index contributed by atoms with van der Waals surface area (Å²) < 4.78 is 5.86. The quantitative estimate of drug-likeness (QED) is 0.595. The predicted octanol–water partition coefficient (Wildman–Crippen LogP) is 1.55. The van der Waals surface area contributed by atoms with Gasteiger partial charge in [-0.3, -0.25) is 4.84 Å². The molecule has 3 rings (SSSR count). The van der Waals surface area contributed by atoms with Crippen LogP contribution >= 0.6 is 0 Å². The molecule has 2 aliphatic heterocycles. The van der Waals surface area contributed by atoms with Crippen LogP contribution in [-0.4, -0.2) is 24.9 Å². The molecule has 0 aromatic rings. The molecule has 0 unspecified atom stereocenters. The van der Waals surface area contributed by atoms with E-state index in [0.29, 0.717) is 12.7 Å². The van der Waals surface area contributed by atoms with Gasteiger partial charge in [-0.05, 0) is 24.8 Å². The van der Waals surface area contributed by atoms with Crippen LogP contribution in [0.4, 0.5) is 0 Å². The molecule has 78 valence electrons. The van der Waals surface area contributed by atoms with Gasteiger partial charge in [-0.2, -0.15) is 5.48 Å². The third-order valence-electron chi connectivity index (χ3n) is 3.77. The van der Waals surface area contributed by atoms with E-state index in [9.17, 15) is 0 Å². The molecule has 3 aliphatic rings. The third-order valence-corrected chi connectivity index (χ3v) is 3.77. The number of hydroxylamine groups is 1. The van der Waals surface area contributed by atoms with Gasteiger partial charge in [0.15, 0.2) is 0 Å². The zero-order chi connectivity index (χ0) is 9.43. The van der Waals surface area contributed by atoms with Crippen LogP contribution in [0.2, 0.25) is 0 Å². The van der Waals surface area contributed by atoms with Crippen LogP contribution in [0.1, 0.15) is 32.1 Å². The average molecular weight is 195 g/mol. The Labute approximate surface area is 84.4 Å². The van der Waals surface area contributed by atoms with Crippen LogP contribution in [-0.2, 0) is 9.57 Å². The number of nitrogens with one attached hydrogen (secondary N) is 1. The summed E-state index contributed by atoms with van der Waals surface area (Å²) in [6.45, 7) is 1.60. The summed E-state index contributed by atoms with van der Waals surface area (Å²) in [6.07, 6.45) is 8.59. The minimum absolute atomic E-state index is 0.0365. The van der Waals surface area contributed by atoms with Crippen molar-refractivity contribution >= 4 is 0 Å². The minimum atomic E-state index is 0.0365. The molecule has 1 N–H and O–H groups in total. The lowest BCUT2D eigenvalue weighted by Gasteiger charge is -2.50. The Kier molecular flexibility index (Phi) is 2.11. The molecule has 2 atom stereocenters. The maximum atomic E-state index is 5.86. The monoisotopic (exact) mass is 195 g/mol. The van der Waals surface area contributed by atoms with E-state index in [1.165, 1.54) is 31.3 Å². The lowest BCUT2D eigenvalue weighted by Crippen LogP contribution is -2.62. The molecule has 0 radical (unpaired) electrons. The molecule has 2 fully saturated rings. The first-order chi connectivity index (χ1) is 6.92. The second kappa shape index (κ2) is 3.33. The van der Waals surface area contributed by atoms with E-state index >= 15 is 0 Å². The van der Waals surface area contributed by atoms with Crippen molar-refractivity contribution in [2.45, 2.75) is 43.7 Å². The second-order valence-electron chi connectivity index (χ2n) is 4.47. The Hall–Kier alpha value is -0.380. The first-order valence-corrected chi connectivity index (χ1v) is 5.62. The van der Waals surface area contributed by atoms with Crippen molar-refractivity contribution < 1.29 is 9.57 Å². The summed E-state index contributed by atoms with van der Waals surface area (Å²) >= 11 is 0. The highest BCUT2D eigenvalue weighted by Crippen LogP contribution is 2.41. The fourth-order valence-corrected chi connectivity index (χ4v) is 3.05. The summed E-state index contributed by atoms with van der Waals surface area (Å²) in [5.74, 6) is 0. The van der Waals surface area contributed by atoms with Gasteiger partial charge >= 0.3 is 0 Å². The molecule has 14 heavy (non-hydrogen) atoms. The lowest BCUT2D eigenvalue weighted by molar-refractivity contribution is -0.121. The number of hydrogen-bond donors (Lipinski definition) is 1. The third kappa shape index (κ3) is 1.16. The molecule has 0 aromatic carbocycles. The highest BCUT2D eigenvalue weighted by Gasteiger charge is 2.47. The van der Waals surface area contributed by atoms with E-state index in [4.69, 9.17) is 9.57 Å². The van der Waals surface area contributed by atoms with Crippen molar-refractivity contribution in [2.24, 2.45) is 0 Å². The SMILES string of the molecule is C1=C2CCO[C@H]3CCCC[C@@]23NOC1. The van der Waals surface area contributed by atoms with Gasteiger partial charge in [0, 0.05) is 0 Å². The van der Waals surface area contributed by atoms with Crippen LogP contribution in [0.3, 0.4) is 0 Å². The number of rotatable bonds is 0. The van der Waals surface area contributed by atoms with Crippen molar-refractivity contribution in [1.29, 1.82) is 0 Å². The maximum Gasteiger partial charge on any atom is 0.0903 e. The molecular weight excluding hydrogens is 178 g/mol. The van der Waals surface area contributed by atoms with Gasteiger partial charge < -0.3 is 4.74 Å². The Morgan fingerprint density at radius 1 is 1.43 bits per heavy atom. The summed E-state index contributed by atoms with van der Waals surface area (Å²) in [7, 11) is 0. The first kappa shape index (κ1) is 8.89. The van der Waals surface area contributed by atoms with Crippen molar-refractivity contribution in [1.82, 2.24) is 5.48 Å². The van der Waals surface area contributed by atoms with Gasteiger partial charge in [-0.1, -0.05) is 18.9 Å². The molecule has 0 bridgehead atoms. The van der Waals surface area contributed by atoms with Crippen molar-refractivity contribution in [3.63, 3.8) is 0 Å². The lowest BCUT2D eigenvalue weighted by atomic mass is 9.72. The van der Waals surface area contributed by atoms with Gasteiger partial charge in [0.25, 0.3) is 0 Å². The predicted molar refractivity (Wildman–Crippen MR) is 52.7 cm³/mol. The molecule has 3 nitrogen and oxygen atoms in total. The zero-order valence-electron chi connectivity index (χ0n) is 8.42. The molecule has 1 aliphatic carbocycles. The van der Waals surface area contributed by atoms with Crippen molar-refractivity contribution in [2.75, 3.05) is 13.2 Å². The van der Waals surface area contributed by atoms with Crippen LogP contribution in [0.5, 0.6) is 0 Å². The average Bonchev–Trinajstić information content (AvgIpc) is 2.26. The normalized spacial score (nSPS) is 42.3. The van der Waals surface area contributed by atoms with Gasteiger partial charge in [-0.15, -0.1) is 0 Å². The number of ether oxygens (including phenoxy) is 1. The molecule has 0 aromatic heterocycles. The molecule has 1 saturated heterocycles. The van der Waals surface area contributed by atoms with E-state index in [1.807, 2.05) is 0 Å². The van der Waals surface area contributed by atoms with E-state index < -0.39 is 0 Å². The van der Waals surface area contributed by atoms with Crippen LogP contribution in [0.15, 0.2) is 11.6 Å². The van der Waals surface area contributed by atoms with Gasteiger partial charge in [0.2, 0.25) is 0 Å². The van der Waals surface area contributed by atoms with E-state index in [1.54, 1.807) is 0 Å². The molecule has 1 spiro atoms. The number of hydrogen-bond acceptors (Lipinski definition) is 3. The van der Waals surface area contributed by atoms with Crippen molar-refractivity contribution in [3.05, 3.63) is 11.6 Å². The molecule has 1 saturated carbocycles. The van der Waals surface area contributed by atoms with Gasteiger partial charge in [-0.25, -0.2) is 0 Å². The van der Waals surface area contributed by atoms with E-state index in [2.05, 4.69) is 11.6 Å². The minimum Gasteiger partial charge on any atom is -0.376 e. The van der Waals surface area contributed by atoms with Crippen LogP contribution in [0, 0.1) is 0 Å². The summed E-state index contributed by atoms with van der Waals surface area (Å²) in [5.41, 5.74) is 4.81. The molecular formula is C11H17NO2. The van der Waals surface area contributed by atoms with Crippen LogP contribution in [0.25, 0.3) is 0 Å². The smallest absolute Gasteiger partial charge is 0.0903 e. The highest BCUT2D eigenvalue weighted by molar-refractivity contribution is 5.27. The Morgan fingerprint density at radius 3 is 3.43 bits per heavy atom. The Bertz CT molecular complexity index is 262. The Morgan fingerprint density at radius 2 is 2.43 bits per heavy atom. The fourth-order valence-electron chi connectivity index (χ4n) is 3.05. The first-order valence-electron chi connectivity index (χ1n) is 5.62. The molecule has 3 heteroatoms. The van der Waals surface area contributed by atoms with Crippen molar-refractivity contribution in [3.8, 4) is 0 Å². The maximum absolute atomic E-state index is 5.86. The molecule has 0 amide bonds. The summed E-state index contributed by atoms with van der Waals surface area (Å²) in [5, 5.41) is 0. The second-order valence-corrected chi connectivity index (χ2v) is 4.47. The zero-order valence-corrected chi connectivity index (χ0v) is 8.42. The highest BCUT2D eigenvalue weighted by atomic mass is 16.7. The van der Waals surface area contributed by atoms with E-state index in [0.717, 1.165) is 13.0 Å². The van der Waals surface area contributed by atoms with E-state index in [-0.39, 0.29) is 5.54 Å². The largest absolute Gasteiger partial charge is 0.376 e. The van der Waals surface area contributed by atoms with Gasteiger partial charge in [0.05, 0.1) is 24.9 Å². The van der Waals surface area contributed by atoms with Gasteiger partial charge in [0.1, 0.15) is 0 Å². The Balaban J connectivity index is 1.96. The fraction of sp³-hybridized carbons (Fsp3) is 0.818. The summed E-state index contributed by atoms with van der Waals surface area (Å²) in [4.78, 5) is 5.39. The molecule has 2 heterocycles. The summed E-state index contributed by atoms with van der Waals surface area (Å²) in [6, 6.07) is 0.